The molecule has 0 radical (unpaired) electrons. The van der Waals surface area contributed by atoms with E-state index in [-0.39, 0.29) is 5.16 Å². The van der Waals surface area contributed by atoms with Crippen LogP contribution in [0.5, 0.6) is 5.75 Å². The van der Waals surface area contributed by atoms with Crippen molar-refractivity contribution in [2.75, 3.05) is 14.1 Å². The van der Waals surface area contributed by atoms with E-state index in [4.69, 9.17) is 0 Å². The van der Waals surface area contributed by atoms with E-state index < -0.39 is 0 Å². The molecular formula is C21H30NOP. The van der Waals surface area contributed by atoms with Gasteiger partial charge in [0.1, 0.15) is 5.75 Å². The van der Waals surface area contributed by atoms with Crippen LogP contribution in [-0.4, -0.2) is 24.1 Å². The van der Waals surface area contributed by atoms with Crippen LogP contribution in [0.3, 0.4) is 0 Å². The van der Waals surface area contributed by atoms with Gasteiger partial charge in [-0.2, -0.15) is 0 Å². The molecule has 0 saturated heterocycles. The number of rotatable bonds is 6. The van der Waals surface area contributed by atoms with Gasteiger partial charge in [-0.3, -0.25) is 0 Å². The van der Waals surface area contributed by atoms with Crippen molar-refractivity contribution in [3.63, 3.8) is 0 Å². The molecule has 2 rings (SSSR count). The van der Waals surface area contributed by atoms with Crippen LogP contribution in [0.1, 0.15) is 42.5 Å². The predicted molar refractivity (Wildman–Crippen MR) is 107 cm³/mol. The predicted octanol–water partition coefficient (Wildman–Crippen LogP) is 4.70. The Kier molecular flexibility index (Phi) is 6.06. The number of aromatic hydroxyl groups is 1. The van der Waals surface area contributed by atoms with Crippen LogP contribution in [-0.2, 0) is 11.7 Å². The summed E-state index contributed by atoms with van der Waals surface area (Å²) in [6, 6.07) is 12.7. The Hall–Kier alpha value is -1.37. The lowest BCUT2D eigenvalue weighted by Crippen LogP contribution is -2.22. The standard InChI is InChI=1S/C21H30NOP/c1-7-21(4,18-13-16(3)8-10-19(18)23)24-20-11-9-15(2)12-17(20)14-22(5)6/h8-13,23-24H,7,14H2,1-6H3. The number of benzene rings is 2. The fourth-order valence-corrected chi connectivity index (χ4v) is 4.64. The Morgan fingerprint density at radius 2 is 1.67 bits per heavy atom. The lowest BCUT2D eigenvalue weighted by atomic mass is 9.95. The first-order valence-electron chi connectivity index (χ1n) is 8.57. The van der Waals surface area contributed by atoms with Gasteiger partial charge in [-0.15, -0.1) is 0 Å². The van der Waals surface area contributed by atoms with Gasteiger partial charge in [0.25, 0.3) is 0 Å². The maximum absolute atomic E-state index is 10.4. The molecule has 0 aliphatic rings. The average molecular weight is 343 g/mol. The van der Waals surface area contributed by atoms with E-state index in [1.54, 1.807) is 0 Å². The molecule has 2 nitrogen and oxygen atoms in total. The maximum atomic E-state index is 10.4. The van der Waals surface area contributed by atoms with Gasteiger partial charge in [0, 0.05) is 17.3 Å². The molecule has 0 heterocycles. The minimum atomic E-state index is -0.0492. The number of hydrogen-bond donors (Lipinski definition) is 1. The van der Waals surface area contributed by atoms with Gasteiger partial charge in [0.05, 0.1) is 0 Å². The van der Waals surface area contributed by atoms with Gasteiger partial charge < -0.3 is 10.0 Å². The molecule has 0 aliphatic heterocycles. The molecule has 0 spiro atoms. The number of phenols is 1. The van der Waals surface area contributed by atoms with Gasteiger partial charge in [0.2, 0.25) is 0 Å². The Morgan fingerprint density at radius 1 is 1.04 bits per heavy atom. The van der Waals surface area contributed by atoms with Gasteiger partial charge in [-0.25, -0.2) is 0 Å². The Labute approximate surface area is 148 Å². The molecule has 0 aliphatic carbocycles. The number of hydrogen-bond acceptors (Lipinski definition) is 2. The van der Waals surface area contributed by atoms with Crippen molar-refractivity contribution in [2.24, 2.45) is 0 Å². The Balaban J connectivity index is 2.44. The van der Waals surface area contributed by atoms with Crippen molar-refractivity contribution in [1.29, 1.82) is 0 Å². The molecule has 24 heavy (non-hydrogen) atoms. The second-order valence-electron chi connectivity index (χ2n) is 7.23. The van der Waals surface area contributed by atoms with Crippen LogP contribution < -0.4 is 5.30 Å². The van der Waals surface area contributed by atoms with Crippen LogP contribution in [0.15, 0.2) is 36.4 Å². The molecule has 0 aromatic heterocycles. The van der Waals surface area contributed by atoms with Gasteiger partial charge in [-0.1, -0.05) is 63.9 Å². The summed E-state index contributed by atoms with van der Waals surface area (Å²) in [6.07, 6.45) is 0.998. The number of nitrogens with zero attached hydrogens (tertiary/aromatic N) is 1. The second-order valence-corrected chi connectivity index (χ2v) is 9.12. The van der Waals surface area contributed by atoms with Crippen LogP contribution in [0.2, 0.25) is 0 Å². The molecule has 2 aromatic rings. The molecule has 2 aromatic carbocycles. The fraction of sp³-hybridized carbons (Fsp3) is 0.429. The highest BCUT2D eigenvalue weighted by molar-refractivity contribution is 7.48. The van der Waals surface area contributed by atoms with Gasteiger partial charge >= 0.3 is 0 Å². The normalized spacial score (nSPS) is 14.5. The van der Waals surface area contributed by atoms with Crippen molar-refractivity contribution in [3.8, 4) is 5.75 Å². The minimum absolute atomic E-state index is 0.0492. The van der Waals surface area contributed by atoms with Crippen LogP contribution in [0.4, 0.5) is 0 Å². The van der Waals surface area contributed by atoms with E-state index >= 15 is 0 Å². The van der Waals surface area contributed by atoms with E-state index in [0.29, 0.717) is 14.3 Å². The monoisotopic (exact) mass is 343 g/mol. The van der Waals surface area contributed by atoms with E-state index in [1.165, 1.54) is 22.0 Å². The zero-order chi connectivity index (χ0) is 17.9. The lowest BCUT2D eigenvalue weighted by Gasteiger charge is -2.31. The van der Waals surface area contributed by atoms with Crippen LogP contribution in [0.25, 0.3) is 0 Å². The highest BCUT2D eigenvalue weighted by atomic mass is 31.1. The summed E-state index contributed by atoms with van der Waals surface area (Å²) in [5, 5.41) is 11.8. The van der Waals surface area contributed by atoms with Crippen molar-refractivity contribution in [1.82, 2.24) is 4.90 Å². The smallest absolute Gasteiger partial charge is 0.119 e. The van der Waals surface area contributed by atoms with Crippen molar-refractivity contribution in [2.45, 2.75) is 45.8 Å². The summed E-state index contributed by atoms with van der Waals surface area (Å²) in [7, 11) is 4.85. The third-order valence-corrected chi connectivity index (χ3v) is 6.54. The molecule has 2 atom stereocenters. The second kappa shape index (κ2) is 7.68. The average Bonchev–Trinajstić information content (AvgIpc) is 2.51. The third kappa shape index (κ3) is 4.37. The highest BCUT2D eigenvalue weighted by Crippen LogP contribution is 2.47. The molecule has 0 bridgehead atoms. The number of aryl methyl sites for hydroxylation is 2. The topological polar surface area (TPSA) is 23.5 Å². The fourth-order valence-electron chi connectivity index (χ4n) is 3.05. The Bertz CT molecular complexity index is 711. The molecule has 0 fully saturated rings. The summed E-state index contributed by atoms with van der Waals surface area (Å²) >= 11 is 0. The summed E-state index contributed by atoms with van der Waals surface area (Å²) < 4.78 is 0. The summed E-state index contributed by atoms with van der Waals surface area (Å²) in [6.45, 7) is 9.68. The summed E-state index contributed by atoms with van der Waals surface area (Å²) in [4.78, 5) is 2.22. The molecule has 3 heteroatoms. The third-order valence-electron chi connectivity index (χ3n) is 4.61. The lowest BCUT2D eigenvalue weighted by molar-refractivity contribution is 0.403. The van der Waals surface area contributed by atoms with Crippen molar-refractivity contribution < 1.29 is 5.11 Å². The molecular weight excluding hydrogens is 313 g/mol. The summed E-state index contributed by atoms with van der Waals surface area (Å²) in [5.41, 5.74) is 4.96. The van der Waals surface area contributed by atoms with Crippen LogP contribution in [0, 0.1) is 13.8 Å². The van der Waals surface area contributed by atoms with Crippen molar-refractivity contribution >= 4 is 13.9 Å². The SMILES string of the molecule is CCC(C)(Pc1ccc(C)cc1CN(C)C)c1cc(C)ccc1O. The molecule has 0 saturated carbocycles. The maximum Gasteiger partial charge on any atom is 0.119 e. The zero-order valence-electron chi connectivity index (χ0n) is 15.8. The minimum Gasteiger partial charge on any atom is -0.508 e. The first kappa shape index (κ1) is 19.0. The van der Waals surface area contributed by atoms with E-state index in [2.05, 4.69) is 71.0 Å². The largest absolute Gasteiger partial charge is 0.508 e. The molecule has 2 unspecified atom stereocenters. The van der Waals surface area contributed by atoms with Crippen molar-refractivity contribution in [3.05, 3.63) is 58.7 Å². The van der Waals surface area contributed by atoms with Gasteiger partial charge in [-0.05, 0) is 51.3 Å². The highest BCUT2D eigenvalue weighted by Gasteiger charge is 2.29. The Morgan fingerprint density at radius 3 is 2.29 bits per heavy atom. The van der Waals surface area contributed by atoms with Crippen LogP contribution >= 0.6 is 8.58 Å². The van der Waals surface area contributed by atoms with E-state index in [9.17, 15) is 5.11 Å². The first-order valence-corrected chi connectivity index (χ1v) is 9.57. The summed E-state index contributed by atoms with van der Waals surface area (Å²) in [5.74, 6) is 0.415. The van der Waals surface area contributed by atoms with Gasteiger partial charge in [0.15, 0.2) is 0 Å². The molecule has 130 valence electrons. The van der Waals surface area contributed by atoms with E-state index in [0.717, 1.165) is 18.5 Å². The molecule has 0 amide bonds. The number of phenolic OH excluding ortho intramolecular Hbond substituents is 1. The zero-order valence-corrected chi connectivity index (χ0v) is 16.8. The first-order chi connectivity index (χ1) is 11.2. The molecule has 1 N–H and O–H groups in total. The van der Waals surface area contributed by atoms with E-state index in [1.807, 2.05) is 12.1 Å². The quantitative estimate of drug-likeness (QED) is 0.769.